The Balaban J connectivity index is 2.22. The minimum Gasteiger partial charge on any atom is -0.467 e. The molecular weight excluding hydrogens is 290 g/mol. The number of nitrogens with zero attached hydrogens (tertiary/aromatic N) is 2. The fourth-order valence-corrected chi connectivity index (χ4v) is 2.19. The van der Waals surface area contributed by atoms with Crippen LogP contribution in [0.15, 0.2) is 41.0 Å². The second-order valence-corrected chi connectivity index (χ2v) is 4.92. The lowest BCUT2D eigenvalue weighted by Crippen LogP contribution is -2.31. The van der Waals surface area contributed by atoms with Crippen LogP contribution in [0.5, 0.6) is 0 Å². The molecule has 1 amide bonds. The van der Waals surface area contributed by atoms with Crippen molar-refractivity contribution in [2.75, 3.05) is 12.3 Å². The Bertz CT molecular complexity index is 642. The van der Waals surface area contributed by atoms with Gasteiger partial charge in [0.05, 0.1) is 25.3 Å². The molecular formula is C15H14ClN3O2. The fourth-order valence-electron chi connectivity index (χ4n) is 1.95. The molecule has 6 heteroatoms. The summed E-state index contributed by atoms with van der Waals surface area (Å²) >= 11 is 5.92. The van der Waals surface area contributed by atoms with Gasteiger partial charge in [-0.2, -0.15) is 5.26 Å². The van der Waals surface area contributed by atoms with Crippen molar-refractivity contribution in [3.05, 3.63) is 52.9 Å². The van der Waals surface area contributed by atoms with E-state index in [1.807, 2.05) is 6.07 Å². The lowest BCUT2D eigenvalue weighted by Gasteiger charge is -2.20. The van der Waals surface area contributed by atoms with Gasteiger partial charge in [-0.05, 0) is 30.3 Å². The summed E-state index contributed by atoms with van der Waals surface area (Å²) in [4.78, 5) is 14.1. The van der Waals surface area contributed by atoms with Gasteiger partial charge in [0.15, 0.2) is 0 Å². The molecule has 0 radical (unpaired) electrons. The number of furan rings is 1. The highest BCUT2D eigenvalue weighted by atomic mass is 35.5. The molecule has 0 saturated carbocycles. The summed E-state index contributed by atoms with van der Waals surface area (Å²) in [5, 5.41) is 9.13. The number of carbonyl (C=O) groups is 1. The average Bonchev–Trinajstić information content (AvgIpc) is 2.94. The van der Waals surface area contributed by atoms with Crippen molar-refractivity contribution in [1.29, 1.82) is 5.26 Å². The predicted molar refractivity (Wildman–Crippen MR) is 79.5 cm³/mol. The molecule has 5 nitrogen and oxygen atoms in total. The molecule has 0 saturated heterocycles. The molecule has 0 bridgehead atoms. The highest BCUT2D eigenvalue weighted by Crippen LogP contribution is 2.19. The van der Waals surface area contributed by atoms with Gasteiger partial charge in [-0.25, -0.2) is 0 Å². The number of carbonyl (C=O) groups excluding carboxylic acids is 1. The molecule has 2 rings (SSSR count). The van der Waals surface area contributed by atoms with Gasteiger partial charge >= 0.3 is 0 Å². The molecule has 21 heavy (non-hydrogen) atoms. The Morgan fingerprint density at radius 3 is 2.86 bits per heavy atom. The first-order valence-corrected chi connectivity index (χ1v) is 6.72. The first kappa shape index (κ1) is 14.9. The molecule has 0 fully saturated rings. The number of anilines is 1. The van der Waals surface area contributed by atoms with Crippen molar-refractivity contribution < 1.29 is 9.21 Å². The van der Waals surface area contributed by atoms with Crippen molar-refractivity contribution in [2.45, 2.75) is 13.0 Å². The molecule has 2 N–H and O–H groups in total. The van der Waals surface area contributed by atoms with Crippen LogP contribution in [-0.2, 0) is 6.54 Å². The lowest BCUT2D eigenvalue weighted by atomic mass is 10.1. The zero-order valence-electron chi connectivity index (χ0n) is 11.3. The molecule has 0 aliphatic carbocycles. The van der Waals surface area contributed by atoms with Gasteiger partial charge in [0.1, 0.15) is 5.76 Å². The third-order valence-corrected chi connectivity index (χ3v) is 3.09. The van der Waals surface area contributed by atoms with Gasteiger partial charge in [0.25, 0.3) is 5.91 Å². The molecule has 0 aliphatic rings. The first-order chi connectivity index (χ1) is 10.1. The molecule has 0 atom stereocenters. The topological polar surface area (TPSA) is 83.3 Å². The molecule has 1 heterocycles. The summed E-state index contributed by atoms with van der Waals surface area (Å²) < 4.78 is 5.25. The number of nitriles is 1. The molecule has 0 unspecified atom stereocenters. The van der Waals surface area contributed by atoms with E-state index < -0.39 is 0 Å². The van der Waals surface area contributed by atoms with E-state index in [-0.39, 0.29) is 12.3 Å². The van der Waals surface area contributed by atoms with Crippen LogP contribution in [0.2, 0.25) is 5.02 Å². The molecule has 108 valence electrons. The number of hydrogen-bond donors (Lipinski definition) is 1. The number of rotatable bonds is 5. The van der Waals surface area contributed by atoms with Crippen molar-refractivity contribution in [3.63, 3.8) is 0 Å². The number of benzene rings is 1. The minimum absolute atomic E-state index is 0.239. The van der Waals surface area contributed by atoms with Gasteiger partial charge in [-0.1, -0.05) is 11.6 Å². The van der Waals surface area contributed by atoms with Crippen LogP contribution in [-0.4, -0.2) is 17.4 Å². The van der Waals surface area contributed by atoms with Crippen molar-refractivity contribution in [3.8, 4) is 6.07 Å². The Hall–Kier alpha value is -2.45. The van der Waals surface area contributed by atoms with Gasteiger partial charge in [-0.3, -0.25) is 4.79 Å². The smallest absolute Gasteiger partial charge is 0.254 e. The van der Waals surface area contributed by atoms with Crippen molar-refractivity contribution >= 4 is 23.2 Å². The van der Waals surface area contributed by atoms with E-state index in [2.05, 4.69) is 0 Å². The zero-order valence-corrected chi connectivity index (χ0v) is 12.0. The Morgan fingerprint density at radius 2 is 2.24 bits per heavy atom. The monoisotopic (exact) mass is 303 g/mol. The van der Waals surface area contributed by atoms with E-state index in [1.165, 1.54) is 4.90 Å². The van der Waals surface area contributed by atoms with Crippen LogP contribution in [0.1, 0.15) is 22.5 Å². The summed E-state index contributed by atoms with van der Waals surface area (Å²) in [6.45, 7) is 0.600. The maximum Gasteiger partial charge on any atom is 0.254 e. The van der Waals surface area contributed by atoms with Gasteiger partial charge in [-0.15, -0.1) is 0 Å². The van der Waals surface area contributed by atoms with E-state index >= 15 is 0 Å². The summed E-state index contributed by atoms with van der Waals surface area (Å²) in [5.41, 5.74) is 6.52. The van der Waals surface area contributed by atoms with Crippen LogP contribution in [0.3, 0.4) is 0 Å². The highest BCUT2D eigenvalue weighted by molar-refractivity contribution is 6.31. The number of hydrogen-bond acceptors (Lipinski definition) is 4. The number of amides is 1. The largest absolute Gasteiger partial charge is 0.467 e. The van der Waals surface area contributed by atoms with Crippen LogP contribution in [0.4, 0.5) is 5.69 Å². The van der Waals surface area contributed by atoms with Gasteiger partial charge < -0.3 is 15.1 Å². The summed E-state index contributed by atoms with van der Waals surface area (Å²) in [7, 11) is 0. The normalized spacial score (nSPS) is 10.1. The molecule has 1 aromatic heterocycles. The maximum absolute atomic E-state index is 12.5. The van der Waals surface area contributed by atoms with E-state index in [1.54, 1.807) is 36.6 Å². The van der Waals surface area contributed by atoms with Crippen molar-refractivity contribution in [1.82, 2.24) is 4.90 Å². The summed E-state index contributed by atoms with van der Waals surface area (Å²) in [6, 6.07) is 10.3. The van der Waals surface area contributed by atoms with Crippen LogP contribution < -0.4 is 5.73 Å². The van der Waals surface area contributed by atoms with E-state index in [4.69, 9.17) is 27.0 Å². The van der Waals surface area contributed by atoms with E-state index in [0.29, 0.717) is 35.1 Å². The number of nitrogen functional groups attached to an aromatic ring is 1. The Morgan fingerprint density at radius 1 is 1.43 bits per heavy atom. The third kappa shape index (κ3) is 4.01. The Labute approximate surface area is 127 Å². The minimum atomic E-state index is -0.240. The second kappa shape index (κ2) is 6.82. The number of nitrogens with two attached hydrogens (primary N) is 1. The van der Waals surface area contributed by atoms with Gasteiger partial charge in [0, 0.05) is 22.8 Å². The standard InChI is InChI=1S/C15H14ClN3O2/c16-12-7-11(8-13(18)9-12)15(20)19(5-2-4-17)10-14-3-1-6-21-14/h1,3,6-9H,2,5,10,18H2. The van der Waals surface area contributed by atoms with Crippen molar-refractivity contribution in [2.24, 2.45) is 0 Å². The van der Waals surface area contributed by atoms with Crippen LogP contribution in [0, 0.1) is 11.3 Å². The molecule has 0 aliphatic heterocycles. The van der Waals surface area contributed by atoms with Gasteiger partial charge in [0.2, 0.25) is 0 Å². The quantitative estimate of drug-likeness (QED) is 0.860. The van der Waals surface area contributed by atoms with E-state index in [9.17, 15) is 4.79 Å². The van der Waals surface area contributed by atoms with Crippen LogP contribution in [0.25, 0.3) is 0 Å². The summed E-state index contributed by atoms with van der Waals surface area (Å²) in [6.07, 6.45) is 1.78. The Kier molecular flexibility index (Phi) is 4.85. The van der Waals surface area contributed by atoms with Crippen LogP contribution >= 0.6 is 11.6 Å². The first-order valence-electron chi connectivity index (χ1n) is 6.35. The number of halogens is 1. The fraction of sp³-hybridized carbons (Fsp3) is 0.200. The average molecular weight is 304 g/mol. The maximum atomic E-state index is 12.5. The highest BCUT2D eigenvalue weighted by Gasteiger charge is 2.18. The lowest BCUT2D eigenvalue weighted by molar-refractivity contribution is 0.0735. The summed E-state index contributed by atoms with van der Waals surface area (Å²) in [5.74, 6) is 0.409. The molecule has 0 spiro atoms. The molecule has 1 aromatic carbocycles. The predicted octanol–water partition coefficient (Wildman–Crippen LogP) is 3.07. The molecule has 2 aromatic rings. The SMILES string of the molecule is N#CCCN(Cc1ccco1)C(=O)c1cc(N)cc(Cl)c1. The zero-order chi connectivity index (χ0) is 15.2. The third-order valence-electron chi connectivity index (χ3n) is 2.87. The second-order valence-electron chi connectivity index (χ2n) is 4.49. The van der Waals surface area contributed by atoms with E-state index in [0.717, 1.165) is 0 Å².